The number of fused-ring (bicyclic) bond motifs is 1. The quantitative estimate of drug-likeness (QED) is 0.368. The highest BCUT2D eigenvalue weighted by molar-refractivity contribution is 8.00. The van der Waals surface area contributed by atoms with Crippen molar-refractivity contribution in [3.63, 3.8) is 0 Å². The number of carbonyl (C=O) groups excluding carboxylic acids is 1. The summed E-state index contributed by atoms with van der Waals surface area (Å²) in [6, 6.07) is 16.6. The predicted molar refractivity (Wildman–Crippen MR) is 107 cm³/mol. The molecule has 0 saturated carbocycles. The zero-order valence-electron chi connectivity index (χ0n) is 15.2. The molecule has 0 spiro atoms. The van der Waals surface area contributed by atoms with Gasteiger partial charge < -0.3 is 0 Å². The molecule has 5 heteroatoms. The van der Waals surface area contributed by atoms with Gasteiger partial charge >= 0.3 is 0 Å². The monoisotopic (exact) mass is 366 g/mol. The van der Waals surface area contributed by atoms with E-state index in [1.807, 2.05) is 55.5 Å². The van der Waals surface area contributed by atoms with Gasteiger partial charge in [-0.05, 0) is 25.0 Å². The van der Waals surface area contributed by atoms with Crippen LogP contribution in [0.5, 0.6) is 0 Å². The lowest BCUT2D eigenvalue weighted by Crippen LogP contribution is -2.26. The molecule has 134 valence electrons. The van der Waals surface area contributed by atoms with Crippen molar-refractivity contribution in [1.82, 2.24) is 9.55 Å². The van der Waals surface area contributed by atoms with Gasteiger partial charge in [-0.2, -0.15) is 0 Å². The first kappa shape index (κ1) is 18.4. The smallest absolute Gasteiger partial charge is 0.262 e. The van der Waals surface area contributed by atoms with Crippen LogP contribution in [0, 0.1) is 5.92 Å². The third-order valence-electron chi connectivity index (χ3n) is 4.08. The van der Waals surface area contributed by atoms with Crippen molar-refractivity contribution in [3.05, 3.63) is 70.5 Å². The Morgan fingerprint density at radius 3 is 2.38 bits per heavy atom. The van der Waals surface area contributed by atoms with Crippen LogP contribution in [0.25, 0.3) is 10.9 Å². The number of carbonyl (C=O) groups is 1. The number of thioether (sulfide) groups is 1. The molecule has 1 atom stereocenters. The average Bonchev–Trinajstić information content (AvgIpc) is 2.64. The van der Waals surface area contributed by atoms with Crippen molar-refractivity contribution in [2.75, 3.05) is 0 Å². The van der Waals surface area contributed by atoms with Crippen molar-refractivity contribution < 1.29 is 4.79 Å². The first-order chi connectivity index (χ1) is 12.5. The summed E-state index contributed by atoms with van der Waals surface area (Å²) in [7, 11) is 0. The second kappa shape index (κ2) is 7.87. The summed E-state index contributed by atoms with van der Waals surface area (Å²) < 4.78 is 1.70. The SMILES string of the molecule is CC(C)Cn1c(SC(C)C(=O)c2ccccc2)nc2ccccc2c1=O. The highest BCUT2D eigenvalue weighted by atomic mass is 32.2. The van der Waals surface area contributed by atoms with E-state index in [-0.39, 0.29) is 16.6 Å². The molecule has 0 aliphatic heterocycles. The summed E-state index contributed by atoms with van der Waals surface area (Å²) in [4.78, 5) is 30.3. The molecule has 0 bridgehead atoms. The van der Waals surface area contributed by atoms with Crippen molar-refractivity contribution in [2.45, 2.75) is 37.7 Å². The molecule has 26 heavy (non-hydrogen) atoms. The maximum absolute atomic E-state index is 12.9. The van der Waals surface area contributed by atoms with Crippen LogP contribution in [-0.4, -0.2) is 20.6 Å². The van der Waals surface area contributed by atoms with Gasteiger partial charge in [0.25, 0.3) is 5.56 Å². The van der Waals surface area contributed by atoms with E-state index in [0.717, 1.165) is 0 Å². The number of nitrogens with zero attached hydrogens (tertiary/aromatic N) is 2. The summed E-state index contributed by atoms with van der Waals surface area (Å²) in [5.41, 5.74) is 1.29. The van der Waals surface area contributed by atoms with Crippen LogP contribution in [0.4, 0.5) is 0 Å². The van der Waals surface area contributed by atoms with Crippen LogP contribution in [-0.2, 0) is 6.54 Å². The summed E-state index contributed by atoms with van der Waals surface area (Å²) in [6.45, 7) is 6.57. The second-order valence-corrected chi connectivity index (χ2v) is 8.02. The van der Waals surface area contributed by atoms with Crippen molar-refractivity contribution >= 4 is 28.4 Å². The van der Waals surface area contributed by atoms with Gasteiger partial charge in [-0.3, -0.25) is 14.2 Å². The van der Waals surface area contributed by atoms with E-state index in [0.29, 0.717) is 34.1 Å². The first-order valence-electron chi connectivity index (χ1n) is 8.73. The number of benzene rings is 2. The van der Waals surface area contributed by atoms with E-state index in [9.17, 15) is 9.59 Å². The Morgan fingerprint density at radius 2 is 1.69 bits per heavy atom. The Kier molecular flexibility index (Phi) is 5.57. The van der Waals surface area contributed by atoms with Crippen LogP contribution >= 0.6 is 11.8 Å². The molecule has 3 rings (SSSR count). The average molecular weight is 366 g/mol. The Morgan fingerprint density at radius 1 is 1.04 bits per heavy atom. The van der Waals surface area contributed by atoms with Gasteiger partial charge in [-0.15, -0.1) is 0 Å². The maximum atomic E-state index is 12.9. The van der Waals surface area contributed by atoms with E-state index in [4.69, 9.17) is 0 Å². The minimum Gasteiger partial charge on any atom is -0.293 e. The lowest BCUT2D eigenvalue weighted by Gasteiger charge is -2.17. The van der Waals surface area contributed by atoms with Crippen LogP contribution < -0.4 is 5.56 Å². The standard InChI is InChI=1S/C21H22N2O2S/c1-14(2)13-23-20(25)17-11-7-8-12-18(17)22-21(23)26-15(3)19(24)16-9-5-4-6-10-16/h4-12,14-15H,13H2,1-3H3. The molecular weight excluding hydrogens is 344 g/mol. The fourth-order valence-electron chi connectivity index (χ4n) is 2.81. The normalized spacial score (nSPS) is 12.5. The third-order valence-corrected chi connectivity index (χ3v) is 5.17. The largest absolute Gasteiger partial charge is 0.293 e. The highest BCUT2D eigenvalue weighted by Crippen LogP contribution is 2.25. The fourth-order valence-corrected chi connectivity index (χ4v) is 3.81. The lowest BCUT2D eigenvalue weighted by atomic mass is 10.1. The summed E-state index contributed by atoms with van der Waals surface area (Å²) in [5.74, 6) is 0.337. The van der Waals surface area contributed by atoms with E-state index in [1.54, 1.807) is 10.6 Å². The second-order valence-electron chi connectivity index (χ2n) is 6.71. The first-order valence-corrected chi connectivity index (χ1v) is 9.61. The van der Waals surface area contributed by atoms with Crippen molar-refractivity contribution in [2.24, 2.45) is 5.92 Å². The summed E-state index contributed by atoms with van der Waals surface area (Å²) in [5, 5.41) is 0.877. The number of rotatable bonds is 6. The lowest BCUT2D eigenvalue weighted by molar-refractivity contribution is 0.0994. The number of ketones is 1. The minimum atomic E-state index is -0.330. The van der Waals surface area contributed by atoms with Gasteiger partial charge in [0.15, 0.2) is 10.9 Å². The molecule has 0 saturated heterocycles. The molecule has 0 aliphatic carbocycles. The third kappa shape index (κ3) is 3.88. The van der Waals surface area contributed by atoms with Crippen molar-refractivity contribution in [3.8, 4) is 0 Å². The van der Waals surface area contributed by atoms with Gasteiger partial charge in [0, 0.05) is 12.1 Å². The topological polar surface area (TPSA) is 52.0 Å². The molecule has 4 nitrogen and oxygen atoms in total. The van der Waals surface area contributed by atoms with E-state index in [1.165, 1.54) is 11.8 Å². The molecule has 1 unspecified atom stereocenters. The van der Waals surface area contributed by atoms with Gasteiger partial charge in [0.2, 0.25) is 0 Å². The van der Waals surface area contributed by atoms with E-state index < -0.39 is 0 Å². The van der Waals surface area contributed by atoms with Gasteiger partial charge in [-0.1, -0.05) is 68.1 Å². The minimum absolute atomic E-state index is 0.0362. The molecular formula is C21H22N2O2S. The van der Waals surface area contributed by atoms with Gasteiger partial charge in [0.1, 0.15) is 0 Å². The van der Waals surface area contributed by atoms with Crippen molar-refractivity contribution in [1.29, 1.82) is 0 Å². The summed E-state index contributed by atoms with van der Waals surface area (Å²) >= 11 is 1.35. The Bertz CT molecular complexity index is 980. The molecule has 1 aromatic heterocycles. The molecule has 0 N–H and O–H groups in total. The number of Topliss-reactive ketones (excluding diaryl/α,β-unsaturated/α-hetero) is 1. The van der Waals surface area contributed by atoms with Crippen LogP contribution in [0.3, 0.4) is 0 Å². The van der Waals surface area contributed by atoms with E-state index in [2.05, 4.69) is 18.8 Å². The number of hydrogen-bond donors (Lipinski definition) is 0. The number of hydrogen-bond acceptors (Lipinski definition) is 4. The van der Waals surface area contributed by atoms with Crippen LogP contribution in [0.2, 0.25) is 0 Å². The van der Waals surface area contributed by atoms with Gasteiger partial charge in [-0.25, -0.2) is 4.98 Å². The van der Waals surface area contributed by atoms with E-state index >= 15 is 0 Å². The van der Waals surface area contributed by atoms with Gasteiger partial charge in [0.05, 0.1) is 16.2 Å². The predicted octanol–water partition coefficient (Wildman–Crippen LogP) is 4.42. The highest BCUT2D eigenvalue weighted by Gasteiger charge is 2.20. The Labute approximate surface area is 157 Å². The maximum Gasteiger partial charge on any atom is 0.262 e. The Balaban J connectivity index is 2.00. The molecule has 0 fully saturated rings. The molecule has 1 heterocycles. The fraction of sp³-hybridized carbons (Fsp3) is 0.286. The molecule has 3 aromatic rings. The number of para-hydroxylation sites is 1. The zero-order chi connectivity index (χ0) is 18.7. The molecule has 0 aliphatic rings. The Hall–Kier alpha value is -2.40. The molecule has 0 radical (unpaired) electrons. The van der Waals surface area contributed by atoms with Crippen LogP contribution in [0.15, 0.2) is 64.5 Å². The molecule has 0 amide bonds. The zero-order valence-corrected chi connectivity index (χ0v) is 16.0. The molecule has 2 aromatic carbocycles. The van der Waals surface area contributed by atoms with Crippen LogP contribution in [0.1, 0.15) is 31.1 Å². The summed E-state index contributed by atoms with van der Waals surface area (Å²) in [6.07, 6.45) is 0. The number of aromatic nitrogens is 2.